The van der Waals surface area contributed by atoms with Gasteiger partial charge in [-0.05, 0) is 89.5 Å². The number of pyridine rings is 2. The van der Waals surface area contributed by atoms with Crippen molar-refractivity contribution in [1.82, 2.24) is 9.97 Å². The largest absolute Gasteiger partial charge is 0.507 e. The molecule has 3 aromatic carbocycles. The lowest BCUT2D eigenvalue weighted by atomic mass is 9.94. The van der Waals surface area contributed by atoms with Gasteiger partial charge in [0, 0.05) is 23.1 Å². The third-order valence-electron chi connectivity index (χ3n) is 7.10. The van der Waals surface area contributed by atoms with Gasteiger partial charge in [-0.3, -0.25) is 9.88 Å². The monoisotopic (exact) mass is 513 g/mol. The van der Waals surface area contributed by atoms with E-state index in [-0.39, 0.29) is 0 Å². The number of hydrogen-bond acceptors (Lipinski definition) is 4. The lowest BCUT2D eigenvalue weighted by molar-refractivity contribution is 0.473. The van der Waals surface area contributed by atoms with Crippen LogP contribution < -0.4 is 4.90 Å². The van der Waals surface area contributed by atoms with Crippen molar-refractivity contribution in [1.29, 1.82) is 0 Å². The molecule has 4 heteroatoms. The summed E-state index contributed by atoms with van der Waals surface area (Å²) in [6.07, 6.45) is 1.79. The number of aryl methyl sites for hydroxylation is 1. The van der Waals surface area contributed by atoms with E-state index in [2.05, 4.69) is 67.9 Å². The highest BCUT2D eigenvalue weighted by Crippen LogP contribution is 2.40. The highest BCUT2D eigenvalue weighted by Gasteiger charge is 2.19. The number of rotatable bonds is 7. The van der Waals surface area contributed by atoms with Gasteiger partial charge in [0.2, 0.25) is 0 Å². The first kappa shape index (κ1) is 26.2. The van der Waals surface area contributed by atoms with Crippen LogP contribution in [0.2, 0.25) is 0 Å². The molecule has 0 saturated carbocycles. The summed E-state index contributed by atoms with van der Waals surface area (Å²) in [7, 11) is 0. The van der Waals surface area contributed by atoms with Crippen molar-refractivity contribution in [3.63, 3.8) is 0 Å². The number of aromatic nitrogens is 2. The molecule has 0 saturated heterocycles. The van der Waals surface area contributed by atoms with Crippen molar-refractivity contribution in [2.75, 3.05) is 4.90 Å². The van der Waals surface area contributed by atoms with Crippen molar-refractivity contribution in [3.8, 4) is 28.3 Å². The van der Waals surface area contributed by atoms with Crippen LogP contribution in [0.1, 0.15) is 56.2 Å². The predicted molar refractivity (Wildman–Crippen MR) is 162 cm³/mol. The Labute approximate surface area is 231 Å². The summed E-state index contributed by atoms with van der Waals surface area (Å²) >= 11 is 0. The Balaban J connectivity index is 1.73. The molecule has 0 bridgehead atoms. The van der Waals surface area contributed by atoms with Crippen molar-refractivity contribution >= 4 is 17.2 Å². The van der Waals surface area contributed by atoms with Crippen molar-refractivity contribution in [3.05, 3.63) is 120 Å². The maximum absolute atomic E-state index is 10.8. The molecule has 4 nitrogen and oxygen atoms in total. The van der Waals surface area contributed by atoms with E-state index in [9.17, 15) is 5.11 Å². The summed E-state index contributed by atoms with van der Waals surface area (Å²) in [6, 6.07) is 33.0. The molecule has 5 aromatic rings. The van der Waals surface area contributed by atoms with Crippen LogP contribution >= 0.6 is 0 Å². The Bertz CT molecular complexity index is 1570. The molecule has 0 radical (unpaired) electrons. The minimum absolute atomic E-state index is 0.306. The van der Waals surface area contributed by atoms with Gasteiger partial charge in [-0.25, -0.2) is 4.98 Å². The second-order valence-corrected chi connectivity index (χ2v) is 10.6. The SMILES string of the molecule is Cc1cccc(-c2cccc(N(c3cc(C(C)C)cc(C(C)C)c3)c3cccc(-c4ccccn4)n3)c2)c1O. The van der Waals surface area contributed by atoms with Crippen LogP contribution in [0, 0.1) is 6.92 Å². The quantitative estimate of drug-likeness (QED) is 0.235. The summed E-state index contributed by atoms with van der Waals surface area (Å²) in [5.41, 5.74) is 8.85. The van der Waals surface area contributed by atoms with Crippen LogP contribution in [-0.4, -0.2) is 15.1 Å². The summed E-state index contributed by atoms with van der Waals surface area (Å²) in [5, 5.41) is 10.8. The number of phenolic OH excluding ortho intramolecular Hbond substituents is 1. The third-order valence-corrected chi connectivity index (χ3v) is 7.10. The number of nitrogens with zero attached hydrogens (tertiary/aromatic N) is 3. The summed E-state index contributed by atoms with van der Waals surface area (Å²) in [6.45, 7) is 10.8. The zero-order chi connectivity index (χ0) is 27.5. The van der Waals surface area contributed by atoms with Gasteiger partial charge in [0.15, 0.2) is 0 Å². The minimum atomic E-state index is 0.306. The van der Waals surface area contributed by atoms with E-state index in [4.69, 9.17) is 4.98 Å². The number of phenols is 1. The minimum Gasteiger partial charge on any atom is -0.507 e. The van der Waals surface area contributed by atoms with Crippen LogP contribution in [0.25, 0.3) is 22.5 Å². The lowest BCUT2D eigenvalue weighted by Crippen LogP contribution is -2.13. The number of hydrogen-bond donors (Lipinski definition) is 1. The molecule has 0 aliphatic rings. The van der Waals surface area contributed by atoms with Gasteiger partial charge in [-0.2, -0.15) is 0 Å². The first-order valence-corrected chi connectivity index (χ1v) is 13.5. The molecule has 196 valence electrons. The van der Waals surface area contributed by atoms with Gasteiger partial charge in [0.1, 0.15) is 11.6 Å². The van der Waals surface area contributed by atoms with Crippen LogP contribution in [0.4, 0.5) is 17.2 Å². The van der Waals surface area contributed by atoms with E-state index in [1.165, 1.54) is 11.1 Å². The second kappa shape index (κ2) is 11.1. The lowest BCUT2D eigenvalue weighted by Gasteiger charge is -2.27. The second-order valence-electron chi connectivity index (χ2n) is 10.6. The molecule has 0 unspecified atom stereocenters. The van der Waals surface area contributed by atoms with E-state index >= 15 is 0 Å². The highest BCUT2D eigenvalue weighted by atomic mass is 16.3. The molecule has 2 heterocycles. The number of para-hydroxylation sites is 1. The number of anilines is 3. The molecule has 0 aliphatic carbocycles. The van der Waals surface area contributed by atoms with Gasteiger partial charge < -0.3 is 5.11 Å². The Morgan fingerprint density at radius 3 is 2.05 bits per heavy atom. The van der Waals surface area contributed by atoms with Crippen LogP contribution in [0.5, 0.6) is 5.75 Å². The highest BCUT2D eigenvalue weighted by molar-refractivity contribution is 5.81. The molecule has 0 atom stereocenters. The fourth-order valence-corrected chi connectivity index (χ4v) is 4.78. The maximum atomic E-state index is 10.8. The molecule has 2 aromatic heterocycles. The summed E-state index contributed by atoms with van der Waals surface area (Å²) < 4.78 is 0. The molecule has 1 N–H and O–H groups in total. The van der Waals surface area contributed by atoms with Crippen molar-refractivity contribution in [2.45, 2.75) is 46.5 Å². The zero-order valence-corrected chi connectivity index (χ0v) is 23.3. The first-order valence-electron chi connectivity index (χ1n) is 13.5. The molecule has 0 spiro atoms. The Hall–Kier alpha value is -4.44. The normalized spacial score (nSPS) is 11.3. The number of benzene rings is 3. The third kappa shape index (κ3) is 5.56. The summed E-state index contributed by atoms with van der Waals surface area (Å²) in [5.74, 6) is 1.88. The van der Waals surface area contributed by atoms with Gasteiger partial charge in [0.25, 0.3) is 0 Å². The Kier molecular flexibility index (Phi) is 7.47. The topological polar surface area (TPSA) is 49.2 Å². The fourth-order valence-electron chi connectivity index (χ4n) is 4.78. The molecular weight excluding hydrogens is 478 g/mol. The van der Waals surface area contributed by atoms with Gasteiger partial charge >= 0.3 is 0 Å². The first-order chi connectivity index (χ1) is 18.8. The van der Waals surface area contributed by atoms with Crippen LogP contribution in [0.3, 0.4) is 0 Å². The Morgan fingerprint density at radius 2 is 1.36 bits per heavy atom. The van der Waals surface area contributed by atoms with Crippen LogP contribution in [0.15, 0.2) is 103 Å². The van der Waals surface area contributed by atoms with Crippen LogP contribution in [-0.2, 0) is 0 Å². The zero-order valence-electron chi connectivity index (χ0n) is 23.3. The fraction of sp³-hybridized carbons (Fsp3) is 0.200. The molecule has 0 amide bonds. The molecule has 39 heavy (non-hydrogen) atoms. The van der Waals surface area contributed by atoms with E-state index in [0.717, 1.165) is 45.3 Å². The van der Waals surface area contributed by atoms with Gasteiger partial charge in [-0.1, -0.05) is 76.2 Å². The standard InChI is InChI=1S/C35H35N3O/c1-23(2)27-19-28(24(3)4)22-30(21-27)38(34-17-10-16-33(37-34)32-15-6-7-18-36-32)29-13-9-12-26(20-29)31-14-8-11-25(5)35(31)39/h6-24,39H,1-5H3. The molecule has 0 fully saturated rings. The van der Waals surface area contributed by atoms with Gasteiger partial charge in [-0.15, -0.1) is 0 Å². The number of aromatic hydroxyl groups is 1. The predicted octanol–water partition coefficient (Wildman–Crippen LogP) is 9.54. The average Bonchev–Trinajstić information content (AvgIpc) is 2.95. The average molecular weight is 514 g/mol. The van der Waals surface area contributed by atoms with Crippen molar-refractivity contribution in [2.24, 2.45) is 0 Å². The van der Waals surface area contributed by atoms with E-state index < -0.39 is 0 Å². The summed E-state index contributed by atoms with van der Waals surface area (Å²) in [4.78, 5) is 11.8. The molecule has 5 rings (SSSR count). The molecule has 0 aliphatic heterocycles. The van der Waals surface area contributed by atoms with E-state index in [1.54, 1.807) is 6.20 Å². The van der Waals surface area contributed by atoms with E-state index in [1.807, 2.05) is 73.7 Å². The van der Waals surface area contributed by atoms with Crippen molar-refractivity contribution < 1.29 is 5.11 Å². The van der Waals surface area contributed by atoms with E-state index in [0.29, 0.717) is 17.6 Å². The molecular formula is C35H35N3O. The Morgan fingerprint density at radius 1 is 0.667 bits per heavy atom. The smallest absolute Gasteiger partial charge is 0.138 e. The maximum Gasteiger partial charge on any atom is 0.138 e. The van der Waals surface area contributed by atoms with Gasteiger partial charge in [0.05, 0.1) is 11.4 Å².